The van der Waals surface area contributed by atoms with Crippen LogP contribution in [-0.2, 0) is 14.6 Å². The van der Waals surface area contributed by atoms with E-state index in [0.29, 0.717) is 13.0 Å². The van der Waals surface area contributed by atoms with Crippen molar-refractivity contribution in [3.05, 3.63) is 0 Å². The Morgan fingerprint density at radius 1 is 1.50 bits per heavy atom. The van der Waals surface area contributed by atoms with Crippen molar-refractivity contribution in [1.82, 2.24) is 9.80 Å². The van der Waals surface area contributed by atoms with Crippen LogP contribution in [0.5, 0.6) is 0 Å². The molecule has 2 saturated heterocycles. The number of sulfone groups is 1. The van der Waals surface area contributed by atoms with E-state index in [4.69, 9.17) is 5.73 Å². The van der Waals surface area contributed by atoms with Gasteiger partial charge >= 0.3 is 0 Å². The number of rotatable bonds is 4. The quantitative estimate of drug-likeness (QED) is 0.775. The van der Waals surface area contributed by atoms with Gasteiger partial charge in [0, 0.05) is 19.6 Å². The Hall–Kier alpha value is -0.370. The van der Waals surface area contributed by atoms with Crippen LogP contribution in [0, 0.1) is 5.41 Å². The van der Waals surface area contributed by atoms with Crippen LogP contribution in [-0.4, -0.2) is 74.4 Å². The van der Waals surface area contributed by atoms with Crippen molar-refractivity contribution in [3.8, 4) is 0 Å². The number of likely N-dealkylation sites (N-methyl/N-ethyl adjacent to an activating group) is 1. The molecule has 8 heteroatoms. The average Bonchev–Trinajstić information content (AvgIpc) is 3.00. The number of nitrogens with zero attached hydrogens (tertiary/aromatic N) is 2. The highest BCUT2D eigenvalue weighted by molar-refractivity contribution is 7.91. The molecule has 0 spiro atoms. The molecular weight excluding hydrogens is 326 g/mol. The molecule has 0 saturated carbocycles. The summed E-state index contributed by atoms with van der Waals surface area (Å²) in [6.07, 6.45) is 1.56. The summed E-state index contributed by atoms with van der Waals surface area (Å²) in [4.78, 5) is 16.4. The number of likely N-dealkylation sites (tertiary alicyclic amines) is 1. The van der Waals surface area contributed by atoms with Gasteiger partial charge in [0.1, 0.15) is 0 Å². The Morgan fingerprint density at radius 2 is 2.14 bits per heavy atom. The molecule has 0 aromatic heterocycles. The van der Waals surface area contributed by atoms with Crippen LogP contribution in [0.15, 0.2) is 0 Å². The largest absolute Gasteiger partial charge is 0.340 e. The number of nitrogens with two attached hydrogens (primary N) is 1. The standard InChI is InChI=1S/C14H27N3O3S.ClH/c1-11(17-6-5-14(2,9-15)10-17)13(18)16(3)12-4-7-21(19,20)8-12;/h11-12H,4-10,15H2,1-3H3;1H. The maximum absolute atomic E-state index is 12.6. The maximum atomic E-state index is 12.6. The van der Waals surface area contributed by atoms with Crippen LogP contribution in [0.3, 0.4) is 0 Å². The lowest BCUT2D eigenvalue weighted by Gasteiger charge is -2.32. The van der Waals surface area contributed by atoms with E-state index in [1.54, 1.807) is 11.9 Å². The van der Waals surface area contributed by atoms with E-state index in [-0.39, 0.29) is 47.3 Å². The predicted octanol–water partition coefficient (Wildman–Crippen LogP) is 0.113. The van der Waals surface area contributed by atoms with Crippen LogP contribution in [0.25, 0.3) is 0 Å². The monoisotopic (exact) mass is 353 g/mol. The van der Waals surface area contributed by atoms with Gasteiger partial charge in [-0.1, -0.05) is 6.92 Å². The molecule has 0 aliphatic carbocycles. The summed E-state index contributed by atoms with van der Waals surface area (Å²) in [6, 6.07) is -0.389. The van der Waals surface area contributed by atoms with Crippen molar-refractivity contribution in [3.63, 3.8) is 0 Å². The molecule has 3 unspecified atom stereocenters. The van der Waals surface area contributed by atoms with E-state index in [0.717, 1.165) is 19.5 Å². The molecule has 2 N–H and O–H groups in total. The molecule has 2 heterocycles. The molecule has 130 valence electrons. The van der Waals surface area contributed by atoms with Gasteiger partial charge in [0.2, 0.25) is 5.91 Å². The number of carbonyl (C=O) groups is 1. The van der Waals surface area contributed by atoms with Crippen molar-refractivity contribution in [2.24, 2.45) is 11.1 Å². The summed E-state index contributed by atoms with van der Waals surface area (Å²) in [6.45, 7) is 6.38. The fraction of sp³-hybridized carbons (Fsp3) is 0.929. The predicted molar refractivity (Wildman–Crippen MR) is 89.9 cm³/mol. The minimum Gasteiger partial charge on any atom is -0.340 e. The SMILES string of the molecule is CC(C(=O)N(C)C1CCS(=O)(=O)C1)N1CCC(C)(CN)C1.Cl. The lowest BCUT2D eigenvalue weighted by molar-refractivity contribution is -0.136. The Kier molecular flexibility index (Phi) is 6.29. The summed E-state index contributed by atoms with van der Waals surface area (Å²) >= 11 is 0. The highest BCUT2D eigenvalue weighted by Gasteiger charge is 2.39. The Morgan fingerprint density at radius 3 is 2.59 bits per heavy atom. The first-order valence-corrected chi connectivity index (χ1v) is 9.41. The minimum atomic E-state index is -2.97. The average molecular weight is 354 g/mol. The zero-order chi connectivity index (χ0) is 15.8. The molecule has 6 nitrogen and oxygen atoms in total. The third kappa shape index (κ3) is 4.13. The number of amides is 1. The topological polar surface area (TPSA) is 83.7 Å². The van der Waals surface area contributed by atoms with Gasteiger partial charge in [0.25, 0.3) is 0 Å². The Bertz CT molecular complexity index is 513. The molecule has 3 atom stereocenters. The van der Waals surface area contributed by atoms with Gasteiger partial charge < -0.3 is 10.6 Å². The fourth-order valence-corrected chi connectivity index (χ4v) is 5.05. The summed E-state index contributed by atoms with van der Waals surface area (Å²) in [7, 11) is -1.24. The van der Waals surface area contributed by atoms with E-state index in [2.05, 4.69) is 11.8 Å². The second-order valence-corrected chi connectivity index (χ2v) is 9.15. The van der Waals surface area contributed by atoms with E-state index in [1.165, 1.54) is 0 Å². The van der Waals surface area contributed by atoms with Crippen LogP contribution < -0.4 is 5.73 Å². The number of halogens is 1. The minimum absolute atomic E-state index is 0. The number of hydrogen-bond donors (Lipinski definition) is 1. The molecule has 2 aliphatic rings. The highest BCUT2D eigenvalue weighted by atomic mass is 35.5. The first-order valence-electron chi connectivity index (χ1n) is 7.59. The summed E-state index contributed by atoms with van der Waals surface area (Å²) in [5.41, 5.74) is 5.89. The smallest absolute Gasteiger partial charge is 0.239 e. The van der Waals surface area contributed by atoms with Crippen molar-refractivity contribution >= 4 is 28.2 Å². The molecule has 0 aromatic rings. The van der Waals surface area contributed by atoms with Gasteiger partial charge in [0.15, 0.2) is 9.84 Å². The molecule has 22 heavy (non-hydrogen) atoms. The van der Waals surface area contributed by atoms with E-state index in [1.807, 2.05) is 6.92 Å². The number of carbonyl (C=O) groups excluding carboxylic acids is 1. The van der Waals surface area contributed by atoms with Crippen LogP contribution in [0.4, 0.5) is 0 Å². The lowest BCUT2D eigenvalue weighted by atomic mass is 9.90. The van der Waals surface area contributed by atoms with Crippen molar-refractivity contribution < 1.29 is 13.2 Å². The van der Waals surface area contributed by atoms with Crippen molar-refractivity contribution in [2.45, 2.75) is 38.8 Å². The second kappa shape index (κ2) is 7.03. The molecule has 0 aromatic carbocycles. The van der Waals surface area contributed by atoms with Crippen LogP contribution in [0.2, 0.25) is 0 Å². The fourth-order valence-electron chi connectivity index (χ4n) is 3.27. The van der Waals surface area contributed by atoms with Crippen LogP contribution in [0.1, 0.15) is 26.7 Å². The Labute approximate surface area is 139 Å². The molecule has 2 rings (SSSR count). The molecule has 0 bridgehead atoms. The Balaban J connectivity index is 0.00000242. The second-order valence-electron chi connectivity index (χ2n) is 6.92. The maximum Gasteiger partial charge on any atom is 0.239 e. The summed E-state index contributed by atoms with van der Waals surface area (Å²) in [5.74, 6) is 0.305. The van der Waals surface area contributed by atoms with E-state index >= 15 is 0 Å². The first kappa shape index (κ1) is 19.7. The highest BCUT2D eigenvalue weighted by Crippen LogP contribution is 2.30. The van der Waals surface area contributed by atoms with Gasteiger partial charge in [-0.2, -0.15) is 0 Å². The van der Waals surface area contributed by atoms with Gasteiger partial charge in [-0.3, -0.25) is 9.69 Å². The third-order valence-corrected chi connectivity index (χ3v) is 6.84. The van der Waals surface area contributed by atoms with Gasteiger partial charge in [0.05, 0.1) is 17.5 Å². The van der Waals surface area contributed by atoms with Gasteiger partial charge in [-0.15, -0.1) is 12.4 Å². The van der Waals surface area contributed by atoms with Crippen molar-refractivity contribution in [1.29, 1.82) is 0 Å². The molecule has 2 fully saturated rings. The van der Waals surface area contributed by atoms with Crippen LogP contribution >= 0.6 is 12.4 Å². The normalized spacial score (nSPS) is 32.5. The van der Waals surface area contributed by atoms with Gasteiger partial charge in [-0.25, -0.2) is 8.42 Å². The summed E-state index contributed by atoms with van der Waals surface area (Å²) in [5, 5.41) is 0. The van der Waals surface area contributed by atoms with E-state index < -0.39 is 9.84 Å². The van der Waals surface area contributed by atoms with Gasteiger partial charge in [-0.05, 0) is 38.3 Å². The molecular formula is C14H28ClN3O3S. The number of hydrogen-bond acceptors (Lipinski definition) is 5. The molecule has 0 radical (unpaired) electrons. The first-order chi connectivity index (χ1) is 9.67. The van der Waals surface area contributed by atoms with E-state index in [9.17, 15) is 13.2 Å². The molecule has 1 amide bonds. The molecule has 2 aliphatic heterocycles. The third-order valence-electron chi connectivity index (χ3n) is 5.09. The summed E-state index contributed by atoms with van der Waals surface area (Å²) < 4.78 is 23.1. The lowest BCUT2D eigenvalue weighted by Crippen LogP contribution is -2.49. The zero-order valence-electron chi connectivity index (χ0n) is 13.6. The zero-order valence-corrected chi connectivity index (χ0v) is 15.3. The van der Waals surface area contributed by atoms with Crippen molar-refractivity contribution in [2.75, 3.05) is 38.2 Å².